The van der Waals surface area contributed by atoms with Crippen LogP contribution >= 0.6 is 0 Å². The van der Waals surface area contributed by atoms with E-state index < -0.39 is 10.0 Å². The molecule has 1 heterocycles. The minimum absolute atomic E-state index is 0.00491. The molecule has 0 aromatic carbocycles. The molecule has 0 unspecified atom stereocenters. The van der Waals surface area contributed by atoms with Gasteiger partial charge in [0, 0.05) is 19.1 Å². The van der Waals surface area contributed by atoms with Gasteiger partial charge in [-0.05, 0) is 32.2 Å². The Morgan fingerprint density at radius 2 is 2.20 bits per heavy atom. The molecule has 1 fully saturated rings. The van der Waals surface area contributed by atoms with Gasteiger partial charge in [0.2, 0.25) is 10.0 Å². The first-order chi connectivity index (χ1) is 6.87. The minimum atomic E-state index is -3.06. The third kappa shape index (κ3) is 5.49. The van der Waals surface area contributed by atoms with Crippen LogP contribution < -0.4 is 4.72 Å². The van der Waals surface area contributed by atoms with Crippen LogP contribution in [-0.4, -0.2) is 45.2 Å². The highest BCUT2D eigenvalue weighted by atomic mass is 32.2. The molecule has 5 heteroatoms. The van der Waals surface area contributed by atoms with E-state index in [1.54, 1.807) is 0 Å². The van der Waals surface area contributed by atoms with E-state index >= 15 is 0 Å². The second kappa shape index (κ2) is 5.27. The molecular weight excluding hydrogens is 212 g/mol. The van der Waals surface area contributed by atoms with Crippen molar-refractivity contribution < 1.29 is 8.42 Å². The van der Waals surface area contributed by atoms with Gasteiger partial charge < -0.3 is 4.90 Å². The van der Waals surface area contributed by atoms with Crippen LogP contribution in [0.15, 0.2) is 0 Å². The van der Waals surface area contributed by atoms with E-state index in [2.05, 4.69) is 16.5 Å². The van der Waals surface area contributed by atoms with Gasteiger partial charge in [0.05, 0.1) is 6.26 Å². The van der Waals surface area contributed by atoms with Crippen molar-refractivity contribution in [1.82, 2.24) is 9.62 Å². The van der Waals surface area contributed by atoms with E-state index in [4.69, 9.17) is 0 Å². The topological polar surface area (TPSA) is 49.4 Å². The lowest BCUT2D eigenvalue weighted by Crippen LogP contribution is -2.44. The standard InChI is InChI=1S/C10H22N2O2S/c1-9-5-4-6-12(7-9)8-10(2)11-15(3,13)14/h9-11H,4-8H2,1-3H3/t9-,10+/m1/s1. The zero-order chi connectivity index (χ0) is 11.5. The van der Waals surface area contributed by atoms with Gasteiger partial charge in [-0.2, -0.15) is 0 Å². The maximum absolute atomic E-state index is 11.0. The van der Waals surface area contributed by atoms with Crippen LogP contribution in [0.2, 0.25) is 0 Å². The highest BCUT2D eigenvalue weighted by Crippen LogP contribution is 2.15. The Morgan fingerprint density at radius 1 is 1.53 bits per heavy atom. The molecule has 1 aliphatic rings. The Morgan fingerprint density at radius 3 is 2.73 bits per heavy atom. The Labute approximate surface area is 93.1 Å². The number of piperidine rings is 1. The summed E-state index contributed by atoms with van der Waals surface area (Å²) in [6, 6.07) is 0.00491. The molecule has 2 atom stereocenters. The van der Waals surface area contributed by atoms with Gasteiger partial charge in [0.25, 0.3) is 0 Å². The lowest BCUT2D eigenvalue weighted by molar-refractivity contribution is 0.174. The van der Waals surface area contributed by atoms with Crippen LogP contribution in [0.25, 0.3) is 0 Å². The normalized spacial score (nSPS) is 26.5. The monoisotopic (exact) mass is 234 g/mol. The van der Waals surface area contributed by atoms with E-state index in [0.29, 0.717) is 0 Å². The van der Waals surface area contributed by atoms with Gasteiger partial charge >= 0.3 is 0 Å². The molecule has 1 N–H and O–H groups in total. The molecule has 0 bridgehead atoms. The summed E-state index contributed by atoms with van der Waals surface area (Å²) < 4.78 is 24.6. The van der Waals surface area contributed by atoms with Gasteiger partial charge in [-0.25, -0.2) is 13.1 Å². The summed E-state index contributed by atoms with van der Waals surface area (Å²) in [5.74, 6) is 0.740. The van der Waals surface area contributed by atoms with Crippen LogP contribution in [0.4, 0.5) is 0 Å². The summed E-state index contributed by atoms with van der Waals surface area (Å²) in [5.41, 5.74) is 0. The molecular formula is C10H22N2O2S. The molecule has 1 saturated heterocycles. The summed E-state index contributed by atoms with van der Waals surface area (Å²) >= 11 is 0. The zero-order valence-electron chi connectivity index (χ0n) is 9.86. The molecule has 1 rings (SSSR count). The Bertz CT molecular complexity index is 290. The van der Waals surface area contributed by atoms with Crippen LogP contribution in [0, 0.1) is 5.92 Å². The highest BCUT2D eigenvalue weighted by Gasteiger charge is 2.19. The molecule has 0 aromatic heterocycles. The van der Waals surface area contributed by atoms with Gasteiger partial charge in [0.1, 0.15) is 0 Å². The van der Waals surface area contributed by atoms with Gasteiger partial charge in [-0.3, -0.25) is 0 Å². The van der Waals surface area contributed by atoms with E-state index in [-0.39, 0.29) is 6.04 Å². The molecule has 0 spiro atoms. The molecule has 90 valence electrons. The highest BCUT2D eigenvalue weighted by molar-refractivity contribution is 7.88. The molecule has 0 aromatic rings. The SMILES string of the molecule is C[C@@H]1CCCN(C[C@H](C)NS(C)(=O)=O)C1. The average molecular weight is 234 g/mol. The fraction of sp³-hybridized carbons (Fsp3) is 1.00. The number of sulfonamides is 1. The Hall–Kier alpha value is -0.130. The number of likely N-dealkylation sites (tertiary alicyclic amines) is 1. The summed E-state index contributed by atoms with van der Waals surface area (Å²) in [5, 5.41) is 0. The number of nitrogens with one attached hydrogen (secondary N) is 1. The Balaban J connectivity index is 2.34. The maximum atomic E-state index is 11.0. The number of rotatable bonds is 4. The first kappa shape index (κ1) is 12.9. The maximum Gasteiger partial charge on any atom is 0.208 e. The second-order valence-corrected chi connectivity index (χ2v) is 6.58. The van der Waals surface area contributed by atoms with Crippen molar-refractivity contribution in [3.8, 4) is 0 Å². The van der Waals surface area contributed by atoms with Crippen LogP contribution in [0.3, 0.4) is 0 Å². The Kier molecular flexibility index (Phi) is 4.55. The van der Waals surface area contributed by atoms with Crippen molar-refractivity contribution in [3.05, 3.63) is 0 Å². The van der Waals surface area contributed by atoms with Crippen LogP contribution in [0.5, 0.6) is 0 Å². The quantitative estimate of drug-likeness (QED) is 0.777. The second-order valence-electron chi connectivity index (χ2n) is 4.80. The van der Waals surface area contributed by atoms with Crippen molar-refractivity contribution in [2.75, 3.05) is 25.9 Å². The fourth-order valence-electron chi connectivity index (χ4n) is 2.24. The molecule has 0 saturated carbocycles. The first-order valence-corrected chi connectivity index (χ1v) is 7.45. The van der Waals surface area contributed by atoms with Crippen molar-refractivity contribution in [2.45, 2.75) is 32.7 Å². The summed E-state index contributed by atoms with van der Waals surface area (Å²) in [6.45, 7) is 7.18. The molecule has 0 amide bonds. The third-order valence-electron chi connectivity index (χ3n) is 2.69. The molecule has 1 aliphatic heterocycles. The summed E-state index contributed by atoms with van der Waals surface area (Å²) in [4.78, 5) is 2.34. The van der Waals surface area contributed by atoms with Crippen LogP contribution in [-0.2, 0) is 10.0 Å². The minimum Gasteiger partial charge on any atom is -0.301 e. The van der Waals surface area contributed by atoms with Gasteiger partial charge in [-0.15, -0.1) is 0 Å². The van der Waals surface area contributed by atoms with E-state index in [0.717, 1.165) is 25.6 Å². The third-order valence-corrected chi connectivity index (χ3v) is 3.52. The summed E-state index contributed by atoms with van der Waals surface area (Å²) in [6.07, 6.45) is 3.74. The van der Waals surface area contributed by atoms with Crippen molar-refractivity contribution >= 4 is 10.0 Å². The number of nitrogens with zero attached hydrogens (tertiary/aromatic N) is 1. The van der Waals surface area contributed by atoms with Crippen molar-refractivity contribution in [3.63, 3.8) is 0 Å². The average Bonchev–Trinajstić information content (AvgIpc) is 1.99. The lowest BCUT2D eigenvalue weighted by atomic mass is 10.00. The van der Waals surface area contributed by atoms with E-state index in [1.807, 2.05) is 6.92 Å². The number of hydrogen-bond donors (Lipinski definition) is 1. The van der Waals surface area contributed by atoms with E-state index in [1.165, 1.54) is 19.1 Å². The first-order valence-electron chi connectivity index (χ1n) is 5.56. The van der Waals surface area contributed by atoms with Gasteiger partial charge in [0.15, 0.2) is 0 Å². The molecule has 0 radical (unpaired) electrons. The molecule has 4 nitrogen and oxygen atoms in total. The van der Waals surface area contributed by atoms with Crippen molar-refractivity contribution in [1.29, 1.82) is 0 Å². The predicted molar refractivity (Wildman–Crippen MR) is 62.3 cm³/mol. The largest absolute Gasteiger partial charge is 0.301 e. The summed E-state index contributed by atoms with van der Waals surface area (Å²) in [7, 11) is -3.06. The predicted octanol–water partition coefficient (Wildman–Crippen LogP) is 0.656. The fourth-order valence-corrected chi connectivity index (χ4v) is 3.05. The smallest absolute Gasteiger partial charge is 0.208 e. The zero-order valence-corrected chi connectivity index (χ0v) is 10.7. The van der Waals surface area contributed by atoms with Crippen molar-refractivity contribution in [2.24, 2.45) is 5.92 Å². The van der Waals surface area contributed by atoms with E-state index in [9.17, 15) is 8.42 Å². The molecule has 15 heavy (non-hydrogen) atoms. The molecule has 0 aliphatic carbocycles. The van der Waals surface area contributed by atoms with Gasteiger partial charge in [-0.1, -0.05) is 6.92 Å². The number of hydrogen-bond acceptors (Lipinski definition) is 3. The van der Waals surface area contributed by atoms with Crippen LogP contribution in [0.1, 0.15) is 26.7 Å². The lowest BCUT2D eigenvalue weighted by Gasteiger charge is -2.32.